The number of hydrogen-bond acceptors (Lipinski definition) is 3. The number of amides is 1. The van der Waals surface area contributed by atoms with E-state index in [1.807, 2.05) is 84.9 Å². The average Bonchev–Trinajstić information content (AvgIpc) is 3.34. The maximum absolute atomic E-state index is 12.7. The van der Waals surface area contributed by atoms with Crippen molar-refractivity contribution in [1.82, 2.24) is 5.32 Å². The molecule has 0 aliphatic heterocycles. The summed E-state index contributed by atoms with van der Waals surface area (Å²) in [6, 6.07) is 35.9. The number of nitrogens with one attached hydrogen (secondary N) is 1. The minimum atomic E-state index is -0.0572. The third-order valence-electron chi connectivity index (χ3n) is 5.27. The summed E-state index contributed by atoms with van der Waals surface area (Å²) in [6.45, 7) is 0.499. The van der Waals surface area contributed by atoms with E-state index < -0.39 is 0 Å². The molecule has 5 rings (SSSR count). The molecule has 32 heavy (non-hydrogen) atoms. The molecule has 0 aliphatic rings. The van der Waals surface area contributed by atoms with Crippen molar-refractivity contribution in [2.75, 3.05) is 0 Å². The molecule has 0 saturated heterocycles. The Morgan fingerprint density at radius 2 is 1.44 bits per heavy atom. The van der Waals surface area contributed by atoms with Gasteiger partial charge in [-0.25, -0.2) is 0 Å². The van der Waals surface area contributed by atoms with Gasteiger partial charge in [0.15, 0.2) is 0 Å². The minimum Gasteiger partial charge on any atom is -0.457 e. The molecule has 0 radical (unpaired) electrons. The van der Waals surface area contributed by atoms with E-state index in [0.29, 0.717) is 11.4 Å². The summed E-state index contributed by atoms with van der Waals surface area (Å²) in [5, 5.41) is 5.40. The van der Waals surface area contributed by atoms with Crippen LogP contribution in [0.5, 0.6) is 11.5 Å². The molecule has 156 valence electrons. The van der Waals surface area contributed by atoms with Gasteiger partial charge in [0.05, 0.1) is 4.88 Å². The largest absolute Gasteiger partial charge is 0.457 e. The first kappa shape index (κ1) is 20.0. The number of thiophene rings is 1. The predicted octanol–water partition coefficient (Wildman–Crippen LogP) is 7.29. The molecule has 5 aromatic rings. The SMILES string of the molecule is O=C(NCc1cccc2ccccc12)c1ccc(-c2ccc(Oc3ccccc3)cc2)s1. The number of fused-ring (bicyclic) bond motifs is 1. The van der Waals surface area contributed by atoms with Crippen LogP contribution in [0.15, 0.2) is 109 Å². The van der Waals surface area contributed by atoms with Gasteiger partial charge in [-0.3, -0.25) is 4.79 Å². The van der Waals surface area contributed by atoms with Gasteiger partial charge in [-0.1, -0.05) is 60.7 Å². The summed E-state index contributed by atoms with van der Waals surface area (Å²) in [7, 11) is 0. The van der Waals surface area contributed by atoms with E-state index in [9.17, 15) is 4.79 Å². The zero-order valence-electron chi connectivity index (χ0n) is 17.3. The average molecular weight is 436 g/mol. The standard InChI is InChI=1S/C28H21NO2S/c30-28(29-19-22-9-6-8-20-7-4-5-12-25(20)22)27-18-17-26(32-27)21-13-15-24(16-14-21)31-23-10-2-1-3-11-23/h1-18H,19H2,(H,29,30). The van der Waals surface area contributed by atoms with Gasteiger partial charge in [-0.15, -0.1) is 11.3 Å². The predicted molar refractivity (Wildman–Crippen MR) is 131 cm³/mol. The van der Waals surface area contributed by atoms with Crippen LogP contribution in [0.4, 0.5) is 0 Å². The summed E-state index contributed by atoms with van der Waals surface area (Å²) in [4.78, 5) is 14.5. The first-order valence-corrected chi connectivity index (χ1v) is 11.3. The molecule has 1 heterocycles. The Morgan fingerprint density at radius 3 is 2.28 bits per heavy atom. The third kappa shape index (κ3) is 4.41. The fourth-order valence-corrected chi connectivity index (χ4v) is 4.56. The lowest BCUT2D eigenvalue weighted by molar-refractivity contribution is 0.0955. The highest BCUT2D eigenvalue weighted by atomic mass is 32.1. The molecule has 1 N–H and O–H groups in total. The normalized spacial score (nSPS) is 10.8. The summed E-state index contributed by atoms with van der Waals surface area (Å²) in [6.07, 6.45) is 0. The van der Waals surface area contributed by atoms with Crippen molar-refractivity contribution in [2.24, 2.45) is 0 Å². The van der Waals surface area contributed by atoms with Crippen LogP contribution >= 0.6 is 11.3 Å². The van der Waals surface area contributed by atoms with Crippen LogP contribution in [0.1, 0.15) is 15.2 Å². The second kappa shape index (κ2) is 9.08. The maximum Gasteiger partial charge on any atom is 0.261 e. The van der Waals surface area contributed by atoms with Gasteiger partial charge < -0.3 is 10.1 Å². The number of benzene rings is 4. The van der Waals surface area contributed by atoms with E-state index in [4.69, 9.17) is 4.74 Å². The van der Waals surface area contributed by atoms with E-state index in [-0.39, 0.29) is 5.91 Å². The van der Waals surface area contributed by atoms with Crippen molar-refractivity contribution < 1.29 is 9.53 Å². The minimum absolute atomic E-state index is 0.0572. The molecule has 3 nitrogen and oxygen atoms in total. The fourth-order valence-electron chi connectivity index (χ4n) is 3.64. The fraction of sp³-hybridized carbons (Fsp3) is 0.0357. The lowest BCUT2D eigenvalue weighted by Crippen LogP contribution is -2.21. The van der Waals surface area contributed by atoms with Crippen molar-refractivity contribution in [3.05, 3.63) is 120 Å². The number of rotatable bonds is 6. The molecule has 0 aliphatic carbocycles. The van der Waals surface area contributed by atoms with Crippen LogP contribution in [0.25, 0.3) is 21.2 Å². The van der Waals surface area contributed by atoms with Gasteiger partial charge in [0.25, 0.3) is 5.91 Å². The Hall–Kier alpha value is -3.89. The Kier molecular flexibility index (Phi) is 5.69. The number of hydrogen-bond donors (Lipinski definition) is 1. The van der Waals surface area contributed by atoms with Gasteiger partial charge in [0, 0.05) is 11.4 Å². The molecule has 4 aromatic carbocycles. The summed E-state index contributed by atoms with van der Waals surface area (Å²) in [5.74, 6) is 1.53. The second-order valence-corrected chi connectivity index (χ2v) is 8.51. The van der Waals surface area contributed by atoms with Crippen molar-refractivity contribution in [2.45, 2.75) is 6.54 Å². The lowest BCUT2D eigenvalue weighted by Gasteiger charge is -2.08. The Bertz CT molecular complexity index is 1350. The summed E-state index contributed by atoms with van der Waals surface area (Å²) < 4.78 is 5.86. The zero-order chi connectivity index (χ0) is 21.8. The number of carbonyl (C=O) groups is 1. The van der Waals surface area contributed by atoms with Crippen LogP contribution in [0, 0.1) is 0 Å². The molecule has 1 amide bonds. The second-order valence-electron chi connectivity index (χ2n) is 7.42. The molecule has 0 atom stereocenters. The third-order valence-corrected chi connectivity index (χ3v) is 6.40. The van der Waals surface area contributed by atoms with Crippen LogP contribution in [0.2, 0.25) is 0 Å². The van der Waals surface area contributed by atoms with E-state index in [0.717, 1.165) is 27.5 Å². The molecule has 1 aromatic heterocycles. The highest BCUT2D eigenvalue weighted by molar-refractivity contribution is 7.17. The van der Waals surface area contributed by atoms with Crippen molar-refractivity contribution >= 4 is 28.0 Å². The Labute approximate surface area is 190 Å². The quantitative estimate of drug-likeness (QED) is 0.304. The molecule has 4 heteroatoms. The highest BCUT2D eigenvalue weighted by Gasteiger charge is 2.11. The van der Waals surface area contributed by atoms with E-state index >= 15 is 0 Å². The number of para-hydroxylation sites is 1. The monoisotopic (exact) mass is 435 g/mol. The van der Waals surface area contributed by atoms with Crippen molar-refractivity contribution in [1.29, 1.82) is 0 Å². The highest BCUT2D eigenvalue weighted by Crippen LogP contribution is 2.31. The van der Waals surface area contributed by atoms with Crippen LogP contribution in [0.3, 0.4) is 0 Å². The molecule has 0 spiro atoms. The summed E-state index contributed by atoms with van der Waals surface area (Å²) in [5.41, 5.74) is 2.17. The van der Waals surface area contributed by atoms with Gasteiger partial charge in [-0.2, -0.15) is 0 Å². The van der Waals surface area contributed by atoms with Crippen molar-refractivity contribution in [3.8, 4) is 21.9 Å². The Balaban J connectivity index is 1.25. The summed E-state index contributed by atoms with van der Waals surface area (Å²) >= 11 is 1.49. The van der Waals surface area contributed by atoms with Crippen LogP contribution in [-0.4, -0.2) is 5.91 Å². The van der Waals surface area contributed by atoms with Gasteiger partial charge >= 0.3 is 0 Å². The first-order valence-electron chi connectivity index (χ1n) is 10.4. The number of carbonyl (C=O) groups excluding carboxylic acids is 1. The topological polar surface area (TPSA) is 38.3 Å². The molecule has 0 unspecified atom stereocenters. The molecule has 0 bridgehead atoms. The zero-order valence-corrected chi connectivity index (χ0v) is 18.1. The molecular weight excluding hydrogens is 414 g/mol. The van der Waals surface area contributed by atoms with Crippen LogP contribution < -0.4 is 10.1 Å². The maximum atomic E-state index is 12.7. The van der Waals surface area contributed by atoms with Gasteiger partial charge in [0.1, 0.15) is 11.5 Å². The van der Waals surface area contributed by atoms with Gasteiger partial charge in [-0.05, 0) is 70.4 Å². The smallest absolute Gasteiger partial charge is 0.261 e. The van der Waals surface area contributed by atoms with Gasteiger partial charge in [0.2, 0.25) is 0 Å². The lowest BCUT2D eigenvalue weighted by atomic mass is 10.0. The van der Waals surface area contributed by atoms with Crippen LogP contribution in [-0.2, 0) is 6.54 Å². The van der Waals surface area contributed by atoms with E-state index in [1.165, 1.54) is 22.1 Å². The Morgan fingerprint density at radius 1 is 0.719 bits per heavy atom. The molecular formula is C28H21NO2S. The molecule has 0 fully saturated rings. The first-order chi connectivity index (χ1) is 15.8. The molecule has 0 saturated carbocycles. The van der Waals surface area contributed by atoms with Crippen molar-refractivity contribution in [3.63, 3.8) is 0 Å². The van der Waals surface area contributed by atoms with E-state index in [1.54, 1.807) is 0 Å². The van der Waals surface area contributed by atoms with E-state index in [2.05, 4.69) is 29.6 Å². The number of ether oxygens (including phenoxy) is 1.